The van der Waals surface area contributed by atoms with Crippen LogP contribution >= 0.6 is 0 Å². The molecule has 17 nitrogen and oxygen atoms in total. The fourth-order valence-corrected chi connectivity index (χ4v) is 14.1. The molecule has 5 aromatic rings. The molecule has 6 aliphatic rings. The molecule has 2 aliphatic carbocycles. The third-order valence-electron chi connectivity index (χ3n) is 17.3. The number of H-pyrrole nitrogens is 1. The number of ether oxygens (including phenoxy) is 3. The van der Waals surface area contributed by atoms with Crippen molar-refractivity contribution in [2.45, 2.75) is 132 Å². The Bertz CT molecular complexity index is 3000. The zero-order chi connectivity index (χ0) is 51.4. The van der Waals surface area contributed by atoms with Crippen LogP contribution in [-0.4, -0.2) is 116 Å². The van der Waals surface area contributed by atoms with E-state index in [2.05, 4.69) is 67.8 Å². The van der Waals surface area contributed by atoms with Crippen molar-refractivity contribution in [3.05, 3.63) is 106 Å². The molecule has 3 saturated heterocycles. The maximum Gasteiger partial charge on any atom is 0.293 e. The van der Waals surface area contributed by atoms with Gasteiger partial charge in [0.25, 0.3) is 21.6 Å². The normalized spacial score (nSPS) is 26.3. The molecule has 6 heterocycles. The number of nitrogens with zero attached hydrogens (tertiary/aromatic N) is 5. The van der Waals surface area contributed by atoms with E-state index in [1.54, 1.807) is 6.07 Å². The SMILES string of the molecule is CC(C)c1ccccc1[C@@H]1COCCN1[C@@H]1CCCC2(CCN(c3ccc(C(=O)NS(=O)(=O)c4ccc(NC[C@H]5CC[C@](C)(O)CC5)c([N+](=O)[O-])c4)c(N4c5cc6cc[nH]c6nc5O[C@H]5COCC[C@@H]54)c3)CC2)C1. The van der Waals surface area contributed by atoms with Crippen molar-refractivity contribution in [2.75, 3.05) is 67.7 Å². The summed E-state index contributed by atoms with van der Waals surface area (Å²) in [4.78, 5) is 41.4. The summed E-state index contributed by atoms with van der Waals surface area (Å²) in [7, 11) is -4.63. The number of aromatic amines is 1. The molecule has 0 radical (unpaired) electrons. The highest BCUT2D eigenvalue weighted by atomic mass is 32.2. The largest absolute Gasteiger partial charge is 0.468 e. The van der Waals surface area contributed by atoms with Gasteiger partial charge in [-0.1, -0.05) is 44.5 Å². The molecule has 5 fully saturated rings. The van der Waals surface area contributed by atoms with Gasteiger partial charge in [0.15, 0.2) is 0 Å². The number of sulfonamides is 1. The van der Waals surface area contributed by atoms with Gasteiger partial charge in [-0.2, -0.15) is 4.98 Å². The molecule has 3 aromatic carbocycles. The lowest BCUT2D eigenvalue weighted by molar-refractivity contribution is -0.384. The molecule has 4 atom stereocenters. The van der Waals surface area contributed by atoms with Crippen LogP contribution in [0.3, 0.4) is 0 Å². The highest BCUT2D eigenvalue weighted by Crippen LogP contribution is 2.50. The second kappa shape index (κ2) is 20.4. The van der Waals surface area contributed by atoms with Crippen LogP contribution in [-0.2, 0) is 19.5 Å². The van der Waals surface area contributed by atoms with Crippen molar-refractivity contribution in [1.82, 2.24) is 19.6 Å². The first kappa shape index (κ1) is 50.4. The Labute approximate surface area is 433 Å². The third kappa shape index (κ3) is 10.1. The van der Waals surface area contributed by atoms with E-state index in [1.807, 2.05) is 37.4 Å². The van der Waals surface area contributed by atoms with E-state index in [9.17, 15) is 28.4 Å². The molecule has 394 valence electrons. The quantitative estimate of drug-likeness (QED) is 0.0679. The lowest BCUT2D eigenvalue weighted by atomic mass is 9.66. The Hall–Kier alpha value is -5.79. The van der Waals surface area contributed by atoms with Gasteiger partial charge < -0.3 is 39.4 Å². The zero-order valence-electron chi connectivity index (χ0n) is 42.8. The molecular weight excluding hydrogens is 961 g/mol. The number of nitro benzene ring substituents is 1. The van der Waals surface area contributed by atoms with Crippen molar-refractivity contribution in [3.8, 4) is 5.88 Å². The second-order valence-electron chi connectivity index (χ2n) is 22.4. The number of amides is 1. The van der Waals surface area contributed by atoms with E-state index in [4.69, 9.17) is 19.2 Å². The van der Waals surface area contributed by atoms with E-state index in [1.165, 1.54) is 42.5 Å². The molecule has 18 heteroatoms. The predicted octanol–water partition coefficient (Wildman–Crippen LogP) is 9.36. The van der Waals surface area contributed by atoms with E-state index < -0.39 is 43.1 Å². The third-order valence-corrected chi connectivity index (χ3v) is 18.6. The highest BCUT2D eigenvalue weighted by Gasteiger charge is 2.45. The molecule has 2 aromatic heterocycles. The number of hydrogen-bond acceptors (Lipinski definition) is 14. The predicted molar refractivity (Wildman–Crippen MR) is 284 cm³/mol. The fourth-order valence-electron chi connectivity index (χ4n) is 13.1. The Morgan fingerprint density at radius 1 is 0.932 bits per heavy atom. The highest BCUT2D eigenvalue weighted by molar-refractivity contribution is 7.90. The maximum atomic E-state index is 14.8. The molecule has 11 rings (SSSR count). The number of morpholine rings is 1. The number of aromatic nitrogens is 2. The van der Waals surface area contributed by atoms with Crippen LogP contribution in [0.1, 0.15) is 125 Å². The van der Waals surface area contributed by atoms with E-state index in [0.29, 0.717) is 80.5 Å². The van der Waals surface area contributed by atoms with Gasteiger partial charge in [-0.3, -0.25) is 19.8 Å². The lowest BCUT2D eigenvalue weighted by Crippen LogP contribution is -2.53. The summed E-state index contributed by atoms with van der Waals surface area (Å²) in [6, 6.07) is 22.5. The van der Waals surface area contributed by atoms with Gasteiger partial charge in [0.05, 0.1) is 58.6 Å². The van der Waals surface area contributed by atoms with Crippen molar-refractivity contribution in [3.63, 3.8) is 0 Å². The Kier molecular flexibility index (Phi) is 13.9. The number of hydrogen-bond donors (Lipinski definition) is 4. The summed E-state index contributed by atoms with van der Waals surface area (Å²) in [5.74, 6) is 0.115. The summed E-state index contributed by atoms with van der Waals surface area (Å²) in [5.41, 5.74) is 4.86. The van der Waals surface area contributed by atoms with Crippen LogP contribution in [0.25, 0.3) is 11.0 Å². The number of nitrogens with one attached hydrogen (secondary N) is 3. The summed E-state index contributed by atoms with van der Waals surface area (Å²) >= 11 is 0. The number of anilines is 4. The maximum absolute atomic E-state index is 14.8. The first-order valence-electron chi connectivity index (χ1n) is 26.8. The van der Waals surface area contributed by atoms with Gasteiger partial charge in [0.1, 0.15) is 23.1 Å². The number of benzene rings is 3. The number of carbonyl (C=O) groups is 1. The summed E-state index contributed by atoms with van der Waals surface area (Å²) in [5, 5.41) is 26.8. The summed E-state index contributed by atoms with van der Waals surface area (Å²) < 4.78 is 49.4. The molecule has 0 bridgehead atoms. The van der Waals surface area contributed by atoms with Crippen LogP contribution in [0.5, 0.6) is 5.88 Å². The minimum Gasteiger partial charge on any atom is -0.468 e. The second-order valence-corrected chi connectivity index (χ2v) is 24.1. The first-order chi connectivity index (χ1) is 35.6. The van der Waals surface area contributed by atoms with Crippen molar-refractivity contribution < 1.29 is 37.5 Å². The number of piperidine rings is 1. The average molecular weight is 1030 g/mol. The molecular formula is C56H70N8O9S. The smallest absolute Gasteiger partial charge is 0.293 e. The molecule has 0 unspecified atom stereocenters. The molecule has 1 amide bonds. The Balaban J connectivity index is 0.878. The fraction of sp³-hybridized carbons (Fsp3) is 0.536. The Morgan fingerprint density at radius 2 is 1.73 bits per heavy atom. The van der Waals surface area contributed by atoms with Crippen molar-refractivity contribution in [1.29, 1.82) is 0 Å². The number of carbonyl (C=O) groups excluding carboxylic acids is 1. The molecule has 4 aliphatic heterocycles. The van der Waals surface area contributed by atoms with Gasteiger partial charge >= 0.3 is 0 Å². The van der Waals surface area contributed by atoms with Gasteiger partial charge in [0, 0.05) is 62.2 Å². The minimum absolute atomic E-state index is 0.117. The van der Waals surface area contributed by atoms with Gasteiger partial charge in [0.2, 0.25) is 5.88 Å². The summed E-state index contributed by atoms with van der Waals surface area (Å²) in [6.45, 7) is 11.6. The van der Waals surface area contributed by atoms with Gasteiger partial charge in [-0.15, -0.1) is 0 Å². The minimum atomic E-state index is -4.63. The van der Waals surface area contributed by atoms with Gasteiger partial charge in [-0.25, -0.2) is 13.1 Å². The van der Waals surface area contributed by atoms with Crippen molar-refractivity contribution >= 4 is 55.4 Å². The van der Waals surface area contributed by atoms with Crippen LogP contribution in [0.4, 0.5) is 28.4 Å². The van der Waals surface area contributed by atoms with Crippen LogP contribution in [0.15, 0.2) is 83.9 Å². The number of nitro groups is 1. The van der Waals surface area contributed by atoms with Crippen LogP contribution < -0.4 is 24.6 Å². The zero-order valence-corrected chi connectivity index (χ0v) is 43.6. The molecule has 74 heavy (non-hydrogen) atoms. The number of rotatable bonds is 12. The van der Waals surface area contributed by atoms with Crippen molar-refractivity contribution in [2.24, 2.45) is 11.3 Å². The Morgan fingerprint density at radius 3 is 2.53 bits per heavy atom. The lowest BCUT2D eigenvalue weighted by Gasteiger charge is -2.51. The average Bonchev–Trinajstić information content (AvgIpc) is 3.87. The van der Waals surface area contributed by atoms with Gasteiger partial charge in [-0.05, 0) is 142 Å². The molecule has 2 saturated carbocycles. The van der Waals surface area contributed by atoms with Crippen LogP contribution in [0, 0.1) is 21.4 Å². The van der Waals surface area contributed by atoms with E-state index in [0.717, 1.165) is 75.5 Å². The number of aliphatic hydroxyl groups is 1. The first-order valence-corrected chi connectivity index (χ1v) is 28.3. The standard InChI is InChI=1S/C56H70N8O9S/c1-36(2)42-8-4-5-9-43(42)50-34-72-28-26-62(50)40-7-6-18-56(32-40)21-24-61(25-22-56)39-10-12-44(47(30-39)63-46-17-27-71-35-51(46)73-54-49(63)29-38-16-23-57-52(38)59-54)53(65)60-74(69,70)41-11-13-45(48(31-41)64(67)68)58-33-37-14-19-55(3,66)20-15-37/h4-5,8-13,16,23,29-31,36-37,40,46,50-51,58,66H,6-7,14-15,17-22,24-28,32-35H2,1-3H3,(H,57,59)(H,60,65)/t37-,40-,46+,50+,51+,55-/m1/s1. The number of pyridine rings is 1. The van der Waals surface area contributed by atoms with Crippen LogP contribution in [0.2, 0.25) is 0 Å². The molecule has 4 N–H and O–H groups in total. The molecule has 1 spiro atoms. The topological polar surface area (TPSA) is 205 Å². The van der Waals surface area contributed by atoms with E-state index in [-0.39, 0.29) is 34.7 Å². The number of fused-ring (bicyclic) bond motifs is 3. The van der Waals surface area contributed by atoms with E-state index >= 15 is 0 Å². The summed E-state index contributed by atoms with van der Waals surface area (Å²) in [6.07, 6.45) is 11.5. The monoisotopic (exact) mass is 1030 g/mol.